The van der Waals surface area contributed by atoms with Gasteiger partial charge < -0.3 is 9.53 Å². The smallest absolute Gasteiger partial charge is 0.191 e. The molecule has 0 aromatic heterocycles. The van der Waals surface area contributed by atoms with Gasteiger partial charge in [-0.15, -0.1) is 6.58 Å². The van der Waals surface area contributed by atoms with Gasteiger partial charge in [0.2, 0.25) is 0 Å². The molecule has 0 amide bonds. The number of aliphatic hydroxyl groups is 1. The van der Waals surface area contributed by atoms with Crippen LogP contribution in [0.15, 0.2) is 24.3 Å². The predicted molar refractivity (Wildman–Crippen MR) is 103 cm³/mol. The zero-order chi connectivity index (χ0) is 17.9. The van der Waals surface area contributed by atoms with E-state index in [2.05, 4.69) is 60.4 Å². The molecule has 1 unspecified atom stereocenters. The third kappa shape index (κ3) is 4.58. The highest BCUT2D eigenvalue weighted by atomic mass is 28.4. The Bertz CT molecular complexity index is 443. The second-order valence-corrected chi connectivity index (χ2v) is 13.9. The van der Waals surface area contributed by atoms with E-state index in [9.17, 15) is 5.11 Å². The molecule has 0 bridgehead atoms. The summed E-state index contributed by atoms with van der Waals surface area (Å²) in [5.74, 6) is 0. The molecule has 1 N–H and O–H groups in total. The van der Waals surface area contributed by atoms with E-state index in [0.29, 0.717) is 0 Å². The molecule has 0 aromatic carbocycles. The molecule has 134 valence electrons. The average Bonchev–Trinajstić information content (AvgIpc) is 2.40. The number of hydrogen-bond acceptors (Lipinski definition) is 2. The van der Waals surface area contributed by atoms with Gasteiger partial charge in [0, 0.05) is 12.0 Å². The van der Waals surface area contributed by atoms with E-state index in [4.69, 9.17) is 4.43 Å². The van der Waals surface area contributed by atoms with Crippen molar-refractivity contribution in [1.29, 1.82) is 0 Å². The Kier molecular flexibility index (Phi) is 6.51. The van der Waals surface area contributed by atoms with E-state index in [1.54, 1.807) is 0 Å². The Morgan fingerprint density at radius 2 is 1.96 bits per heavy atom. The summed E-state index contributed by atoms with van der Waals surface area (Å²) in [4.78, 5) is 0. The largest absolute Gasteiger partial charge is 0.417 e. The lowest BCUT2D eigenvalue weighted by molar-refractivity contribution is -0.0680. The van der Waals surface area contributed by atoms with Crippen molar-refractivity contribution < 1.29 is 9.53 Å². The van der Waals surface area contributed by atoms with Crippen LogP contribution in [0.2, 0.25) is 18.1 Å². The molecule has 1 rings (SSSR count). The highest BCUT2D eigenvalue weighted by molar-refractivity contribution is 6.74. The van der Waals surface area contributed by atoms with E-state index in [0.717, 1.165) is 38.7 Å². The van der Waals surface area contributed by atoms with E-state index >= 15 is 0 Å². The van der Waals surface area contributed by atoms with E-state index < -0.39 is 13.9 Å². The van der Waals surface area contributed by atoms with E-state index in [1.165, 1.54) is 5.57 Å². The second-order valence-electron chi connectivity index (χ2n) is 9.11. The van der Waals surface area contributed by atoms with Gasteiger partial charge in [-0.05, 0) is 50.2 Å². The Morgan fingerprint density at radius 3 is 2.48 bits per heavy atom. The lowest BCUT2D eigenvalue weighted by Gasteiger charge is -2.48. The second kappa shape index (κ2) is 7.24. The van der Waals surface area contributed by atoms with Crippen molar-refractivity contribution >= 4 is 8.32 Å². The summed E-state index contributed by atoms with van der Waals surface area (Å²) in [5.41, 5.74) is 0.543. The maximum atomic E-state index is 11.2. The van der Waals surface area contributed by atoms with Crippen molar-refractivity contribution in [3.63, 3.8) is 0 Å². The molecule has 0 saturated heterocycles. The van der Waals surface area contributed by atoms with Gasteiger partial charge in [0.05, 0.1) is 5.60 Å². The summed E-state index contributed by atoms with van der Waals surface area (Å²) in [6.45, 7) is 20.4. The summed E-state index contributed by atoms with van der Waals surface area (Å²) in [6.07, 6.45) is 8.64. The van der Waals surface area contributed by atoms with Crippen LogP contribution in [-0.2, 0) is 4.43 Å². The van der Waals surface area contributed by atoms with Crippen molar-refractivity contribution in [2.24, 2.45) is 5.41 Å². The Morgan fingerprint density at radius 1 is 1.35 bits per heavy atom. The van der Waals surface area contributed by atoms with Gasteiger partial charge in [-0.1, -0.05) is 52.3 Å². The molecule has 0 radical (unpaired) electrons. The predicted octanol–water partition coefficient (Wildman–Crippen LogP) is 5.84. The van der Waals surface area contributed by atoms with Crippen LogP contribution in [0, 0.1) is 5.41 Å². The molecule has 0 saturated carbocycles. The standard InChI is InChI=1S/C20H38O2Si/c1-9-10-14-20(21)15-11-12-17(19(20,5)6)13-16-22-23(7,8)18(2,3)4/h9,12,21H,1,10-11,13-16H2,2-8H3. The Labute approximate surface area is 145 Å². The zero-order valence-electron chi connectivity index (χ0n) is 16.5. The minimum Gasteiger partial charge on any atom is -0.417 e. The molecule has 0 aromatic rings. The number of allylic oxidation sites excluding steroid dienone is 2. The normalized spacial score (nSPS) is 25.1. The first kappa shape index (κ1) is 20.7. The van der Waals surface area contributed by atoms with Gasteiger partial charge in [-0.2, -0.15) is 0 Å². The topological polar surface area (TPSA) is 29.5 Å². The van der Waals surface area contributed by atoms with Gasteiger partial charge in [0.15, 0.2) is 8.32 Å². The first-order valence-electron chi connectivity index (χ1n) is 9.04. The molecule has 1 atom stereocenters. The van der Waals surface area contributed by atoms with Crippen LogP contribution in [0.5, 0.6) is 0 Å². The van der Waals surface area contributed by atoms with Crippen LogP contribution in [0.1, 0.15) is 66.7 Å². The zero-order valence-corrected chi connectivity index (χ0v) is 17.5. The van der Waals surface area contributed by atoms with E-state index in [-0.39, 0.29) is 10.5 Å². The van der Waals surface area contributed by atoms with Crippen LogP contribution in [0.3, 0.4) is 0 Å². The van der Waals surface area contributed by atoms with Crippen LogP contribution >= 0.6 is 0 Å². The molecule has 0 spiro atoms. The molecule has 23 heavy (non-hydrogen) atoms. The van der Waals surface area contributed by atoms with Crippen molar-refractivity contribution in [1.82, 2.24) is 0 Å². The first-order valence-corrected chi connectivity index (χ1v) is 11.9. The Hall–Kier alpha value is -0.383. The molecular weight excluding hydrogens is 300 g/mol. The first-order chi connectivity index (χ1) is 10.4. The maximum absolute atomic E-state index is 11.2. The van der Waals surface area contributed by atoms with Gasteiger partial charge in [0.25, 0.3) is 0 Å². The third-order valence-electron chi connectivity index (χ3n) is 6.32. The van der Waals surface area contributed by atoms with E-state index in [1.807, 2.05) is 6.08 Å². The molecule has 2 nitrogen and oxygen atoms in total. The van der Waals surface area contributed by atoms with Crippen LogP contribution in [0.25, 0.3) is 0 Å². The third-order valence-corrected chi connectivity index (χ3v) is 10.9. The molecule has 1 aliphatic rings. The highest BCUT2D eigenvalue weighted by Crippen LogP contribution is 2.48. The quantitative estimate of drug-likeness (QED) is 0.466. The number of rotatable bonds is 7. The van der Waals surface area contributed by atoms with Gasteiger partial charge in [0.1, 0.15) is 0 Å². The molecule has 0 heterocycles. The lowest BCUT2D eigenvalue weighted by Crippen LogP contribution is -2.48. The van der Waals surface area contributed by atoms with Gasteiger partial charge in [-0.25, -0.2) is 0 Å². The van der Waals surface area contributed by atoms with Gasteiger partial charge >= 0.3 is 0 Å². The molecule has 0 fully saturated rings. The fraction of sp³-hybridized carbons (Fsp3) is 0.800. The van der Waals surface area contributed by atoms with Crippen LogP contribution in [-0.4, -0.2) is 25.6 Å². The fourth-order valence-electron chi connectivity index (χ4n) is 3.18. The fourth-order valence-corrected chi connectivity index (χ4v) is 4.22. The van der Waals surface area contributed by atoms with Crippen molar-refractivity contribution in [3.8, 4) is 0 Å². The molecule has 3 heteroatoms. The average molecular weight is 339 g/mol. The minimum atomic E-state index is -1.70. The molecule has 0 aliphatic heterocycles. The number of hydrogen-bond donors (Lipinski definition) is 1. The summed E-state index contributed by atoms with van der Waals surface area (Å²) < 4.78 is 6.34. The van der Waals surface area contributed by atoms with Crippen LogP contribution < -0.4 is 0 Å². The minimum absolute atomic E-state index is 0.189. The summed E-state index contributed by atoms with van der Waals surface area (Å²) in [7, 11) is -1.70. The van der Waals surface area contributed by atoms with Gasteiger partial charge in [-0.3, -0.25) is 0 Å². The molecule has 1 aliphatic carbocycles. The summed E-state index contributed by atoms with van der Waals surface area (Å²) in [5, 5.41) is 11.4. The monoisotopic (exact) mass is 338 g/mol. The Balaban J connectivity index is 2.74. The summed E-state index contributed by atoms with van der Waals surface area (Å²) >= 11 is 0. The van der Waals surface area contributed by atoms with Crippen molar-refractivity contribution in [3.05, 3.63) is 24.3 Å². The SMILES string of the molecule is C=CCCC1(O)CCC=C(CCO[Si](C)(C)C(C)(C)C)C1(C)C. The molecular formula is C20H38O2Si. The maximum Gasteiger partial charge on any atom is 0.191 e. The van der Waals surface area contributed by atoms with Crippen LogP contribution in [0.4, 0.5) is 0 Å². The van der Waals surface area contributed by atoms with Crippen molar-refractivity contribution in [2.45, 2.75) is 90.5 Å². The van der Waals surface area contributed by atoms with Crippen molar-refractivity contribution in [2.75, 3.05) is 6.61 Å². The highest BCUT2D eigenvalue weighted by Gasteiger charge is 2.46. The summed E-state index contributed by atoms with van der Waals surface area (Å²) in [6, 6.07) is 0. The lowest BCUT2D eigenvalue weighted by atomic mass is 9.62.